The van der Waals surface area contributed by atoms with Crippen LogP contribution in [0.3, 0.4) is 0 Å². The van der Waals surface area contributed by atoms with Crippen LogP contribution in [0.25, 0.3) is 0 Å². The van der Waals surface area contributed by atoms with Crippen molar-refractivity contribution in [2.75, 3.05) is 20.8 Å². The number of methoxy groups -OCH3 is 2. The van der Waals surface area contributed by atoms with Crippen molar-refractivity contribution in [1.29, 1.82) is 0 Å². The number of amides is 3. The average Bonchev–Trinajstić information content (AvgIpc) is 2.35. The highest BCUT2D eigenvalue weighted by Crippen LogP contribution is 1.91. The summed E-state index contributed by atoms with van der Waals surface area (Å²) in [4.78, 5) is 32.1. The molecule has 8 heteroatoms. The predicted molar refractivity (Wildman–Crippen MR) is 57.4 cm³/mol. The highest BCUT2D eigenvalue weighted by molar-refractivity contribution is 5.83. The van der Waals surface area contributed by atoms with Crippen LogP contribution in [0, 0.1) is 0 Å². The molecule has 0 rings (SSSR count). The molecular weight excluding hydrogens is 230 g/mol. The second-order valence-electron chi connectivity index (χ2n) is 3.02. The molecule has 0 fully saturated rings. The zero-order chi connectivity index (χ0) is 13.1. The third-order valence-electron chi connectivity index (χ3n) is 1.84. The molecule has 0 aromatic carbocycles. The zero-order valence-corrected chi connectivity index (χ0v) is 9.82. The van der Waals surface area contributed by atoms with Crippen molar-refractivity contribution in [2.45, 2.75) is 19.1 Å². The molecule has 0 saturated carbocycles. The van der Waals surface area contributed by atoms with E-state index in [0.717, 1.165) is 0 Å². The number of carbonyl (C=O) groups excluding carboxylic acids is 3. The van der Waals surface area contributed by atoms with Crippen molar-refractivity contribution in [3.63, 3.8) is 0 Å². The van der Waals surface area contributed by atoms with Crippen LogP contribution < -0.4 is 16.2 Å². The van der Waals surface area contributed by atoms with E-state index in [2.05, 4.69) is 10.7 Å². The minimum Gasteiger partial charge on any atom is -0.354 e. The minimum absolute atomic E-state index is 0.0166. The summed E-state index contributed by atoms with van der Waals surface area (Å²) in [6.45, 7) is 0.208. The Morgan fingerprint density at radius 3 is 2.29 bits per heavy atom. The molecule has 17 heavy (non-hydrogen) atoms. The average molecular weight is 247 g/mol. The summed E-state index contributed by atoms with van der Waals surface area (Å²) in [5, 5.41) is 2.54. The van der Waals surface area contributed by atoms with Crippen LogP contribution in [0.5, 0.6) is 0 Å². The van der Waals surface area contributed by atoms with E-state index in [4.69, 9.17) is 9.47 Å². The van der Waals surface area contributed by atoms with Gasteiger partial charge in [-0.2, -0.15) is 0 Å². The van der Waals surface area contributed by atoms with E-state index in [1.54, 1.807) is 0 Å². The number of carbonyl (C=O) groups is 3. The second kappa shape index (κ2) is 9.55. The number of hydrazine groups is 1. The Balaban J connectivity index is 3.65. The molecule has 0 aliphatic carbocycles. The van der Waals surface area contributed by atoms with Gasteiger partial charge in [0, 0.05) is 27.1 Å². The first-order valence-electron chi connectivity index (χ1n) is 4.94. The zero-order valence-electron chi connectivity index (χ0n) is 9.82. The Morgan fingerprint density at radius 1 is 1.18 bits per heavy atom. The van der Waals surface area contributed by atoms with Gasteiger partial charge in [0.25, 0.3) is 0 Å². The molecule has 3 amide bonds. The fourth-order valence-corrected chi connectivity index (χ4v) is 0.948. The van der Waals surface area contributed by atoms with Gasteiger partial charge in [0.1, 0.15) is 0 Å². The number of hydrogen-bond acceptors (Lipinski definition) is 5. The first kappa shape index (κ1) is 15.3. The molecule has 98 valence electrons. The van der Waals surface area contributed by atoms with Crippen LogP contribution in [-0.2, 0) is 23.9 Å². The van der Waals surface area contributed by atoms with E-state index in [-0.39, 0.29) is 25.3 Å². The first-order chi connectivity index (χ1) is 8.13. The molecule has 0 atom stereocenters. The van der Waals surface area contributed by atoms with Crippen LogP contribution in [0.4, 0.5) is 0 Å². The Morgan fingerprint density at radius 2 is 1.76 bits per heavy atom. The van der Waals surface area contributed by atoms with E-state index in [0.29, 0.717) is 6.41 Å². The first-order valence-corrected chi connectivity index (χ1v) is 4.94. The van der Waals surface area contributed by atoms with Gasteiger partial charge in [-0.25, -0.2) is 0 Å². The van der Waals surface area contributed by atoms with Gasteiger partial charge < -0.3 is 14.8 Å². The topological polar surface area (TPSA) is 106 Å². The Bertz CT molecular complexity index is 255. The largest absolute Gasteiger partial charge is 0.354 e. The molecule has 0 bridgehead atoms. The lowest BCUT2D eigenvalue weighted by molar-refractivity contribution is -0.130. The van der Waals surface area contributed by atoms with Gasteiger partial charge >= 0.3 is 0 Å². The fraction of sp³-hybridized carbons (Fsp3) is 0.667. The lowest BCUT2D eigenvalue weighted by Gasteiger charge is -2.13. The van der Waals surface area contributed by atoms with Gasteiger partial charge in [-0.05, 0) is 0 Å². The van der Waals surface area contributed by atoms with E-state index < -0.39 is 12.2 Å². The van der Waals surface area contributed by atoms with Gasteiger partial charge in [-0.1, -0.05) is 0 Å². The SMILES string of the molecule is COC(CNC(=O)CCC(=O)NNC=O)OC. The lowest BCUT2D eigenvalue weighted by atomic mass is 10.3. The maximum absolute atomic E-state index is 11.3. The van der Waals surface area contributed by atoms with Crippen molar-refractivity contribution in [2.24, 2.45) is 0 Å². The van der Waals surface area contributed by atoms with Crippen LogP contribution in [0.1, 0.15) is 12.8 Å². The van der Waals surface area contributed by atoms with E-state index in [1.807, 2.05) is 5.43 Å². The molecule has 0 aromatic rings. The molecule has 0 aliphatic rings. The molecule has 0 saturated heterocycles. The Kier molecular flexibility index (Phi) is 8.61. The minimum atomic E-state index is -0.510. The number of rotatable bonds is 9. The van der Waals surface area contributed by atoms with Gasteiger partial charge in [0.05, 0.1) is 6.54 Å². The second-order valence-corrected chi connectivity index (χ2v) is 3.02. The molecule has 0 spiro atoms. The summed E-state index contributed by atoms with van der Waals surface area (Å²) >= 11 is 0. The van der Waals surface area contributed by atoms with Crippen molar-refractivity contribution in [3.05, 3.63) is 0 Å². The quantitative estimate of drug-likeness (QED) is 0.255. The van der Waals surface area contributed by atoms with Crippen molar-refractivity contribution in [1.82, 2.24) is 16.2 Å². The van der Waals surface area contributed by atoms with Crippen molar-refractivity contribution >= 4 is 18.2 Å². The van der Waals surface area contributed by atoms with Crippen LogP contribution in [0.2, 0.25) is 0 Å². The summed E-state index contributed by atoms with van der Waals surface area (Å²) < 4.78 is 9.73. The number of nitrogens with one attached hydrogen (secondary N) is 3. The molecule has 8 nitrogen and oxygen atoms in total. The van der Waals surface area contributed by atoms with Gasteiger partial charge in [0.2, 0.25) is 18.2 Å². The standard InChI is InChI=1S/C9H17N3O5/c1-16-9(17-2)5-10-7(14)3-4-8(15)12-11-6-13/h6,9H,3-5H2,1-2H3,(H,10,14)(H,11,13)(H,12,15). The third-order valence-corrected chi connectivity index (χ3v) is 1.84. The van der Waals surface area contributed by atoms with Crippen LogP contribution in [-0.4, -0.2) is 45.3 Å². The van der Waals surface area contributed by atoms with Gasteiger partial charge in [-0.3, -0.25) is 25.2 Å². The van der Waals surface area contributed by atoms with E-state index in [1.165, 1.54) is 14.2 Å². The van der Waals surface area contributed by atoms with E-state index in [9.17, 15) is 14.4 Å². The van der Waals surface area contributed by atoms with Crippen molar-refractivity contribution in [3.8, 4) is 0 Å². The van der Waals surface area contributed by atoms with Crippen LogP contribution >= 0.6 is 0 Å². The Labute approximate surface area is 99.0 Å². The molecule has 0 unspecified atom stereocenters. The molecule has 0 radical (unpaired) electrons. The molecule has 0 aliphatic heterocycles. The number of ether oxygens (including phenoxy) is 2. The maximum Gasteiger partial charge on any atom is 0.238 e. The van der Waals surface area contributed by atoms with Gasteiger partial charge in [-0.15, -0.1) is 0 Å². The van der Waals surface area contributed by atoms with Crippen molar-refractivity contribution < 1.29 is 23.9 Å². The molecular formula is C9H17N3O5. The summed E-state index contributed by atoms with van der Waals surface area (Å²) in [7, 11) is 2.91. The summed E-state index contributed by atoms with van der Waals surface area (Å²) in [5.41, 5.74) is 4.08. The fourth-order valence-electron chi connectivity index (χ4n) is 0.948. The smallest absolute Gasteiger partial charge is 0.238 e. The molecule has 3 N–H and O–H groups in total. The van der Waals surface area contributed by atoms with Crippen LogP contribution in [0.15, 0.2) is 0 Å². The molecule has 0 heterocycles. The highest BCUT2D eigenvalue weighted by atomic mass is 16.7. The molecule has 0 aromatic heterocycles. The normalized spacial score (nSPS) is 9.82. The third kappa shape index (κ3) is 8.17. The van der Waals surface area contributed by atoms with E-state index >= 15 is 0 Å². The summed E-state index contributed by atoms with van der Waals surface area (Å²) in [6.07, 6.45) is -0.173. The number of hydrogen-bond donors (Lipinski definition) is 3. The summed E-state index contributed by atoms with van der Waals surface area (Å²) in [6, 6.07) is 0. The Hall–Kier alpha value is -1.67. The van der Waals surface area contributed by atoms with Gasteiger partial charge in [0.15, 0.2) is 6.29 Å². The lowest BCUT2D eigenvalue weighted by Crippen LogP contribution is -2.38. The predicted octanol–water partition coefficient (Wildman–Crippen LogP) is -1.72. The monoisotopic (exact) mass is 247 g/mol. The summed E-state index contributed by atoms with van der Waals surface area (Å²) in [5.74, 6) is -0.743. The maximum atomic E-state index is 11.3. The highest BCUT2D eigenvalue weighted by Gasteiger charge is 2.09.